The maximum absolute atomic E-state index is 13.1. The second-order valence-electron chi connectivity index (χ2n) is 7.18. The average Bonchev–Trinajstić information content (AvgIpc) is 3.37. The molecule has 10 heteroatoms. The van der Waals surface area contributed by atoms with Crippen molar-refractivity contribution in [2.24, 2.45) is 0 Å². The number of aryl methyl sites for hydroxylation is 1. The van der Waals surface area contributed by atoms with Gasteiger partial charge in [-0.3, -0.25) is 0 Å². The fourth-order valence-electron chi connectivity index (χ4n) is 3.57. The third-order valence-electron chi connectivity index (χ3n) is 5.03. The van der Waals surface area contributed by atoms with E-state index in [0.29, 0.717) is 34.2 Å². The van der Waals surface area contributed by atoms with Crippen molar-refractivity contribution < 1.29 is 9.26 Å². The Bertz CT molecular complexity index is 1470. The van der Waals surface area contributed by atoms with Gasteiger partial charge >= 0.3 is 5.69 Å². The van der Waals surface area contributed by atoms with Crippen molar-refractivity contribution in [2.45, 2.75) is 13.5 Å². The molecular formula is C22H19N7O3. The van der Waals surface area contributed by atoms with E-state index >= 15 is 0 Å². The van der Waals surface area contributed by atoms with Gasteiger partial charge in [-0.25, -0.2) is 23.8 Å². The Labute approximate surface area is 181 Å². The normalized spacial score (nSPS) is 11.2. The van der Waals surface area contributed by atoms with Crippen molar-refractivity contribution in [1.29, 1.82) is 0 Å². The zero-order valence-corrected chi connectivity index (χ0v) is 17.4. The van der Waals surface area contributed by atoms with E-state index in [2.05, 4.69) is 20.2 Å². The molecule has 0 unspecified atom stereocenters. The van der Waals surface area contributed by atoms with Gasteiger partial charge in [0, 0.05) is 29.5 Å². The molecule has 5 aromatic rings. The molecule has 5 rings (SSSR count). The summed E-state index contributed by atoms with van der Waals surface area (Å²) in [6.07, 6.45) is 1.66. The second kappa shape index (κ2) is 7.65. The molecule has 0 aliphatic heterocycles. The lowest BCUT2D eigenvalue weighted by Crippen LogP contribution is -2.23. The first-order chi connectivity index (χ1) is 15.5. The molecule has 0 amide bonds. The van der Waals surface area contributed by atoms with Gasteiger partial charge in [0.05, 0.1) is 24.9 Å². The maximum Gasteiger partial charge on any atom is 0.353 e. The van der Waals surface area contributed by atoms with E-state index in [1.54, 1.807) is 32.4 Å². The molecule has 160 valence electrons. The van der Waals surface area contributed by atoms with Crippen molar-refractivity contribution >= 4 is 11.6 Å². The summed E-state index contributed by atoms with van der Waals surface area (Å²) in [4.78, 5) is 22.0. The first-order valence-corrected chi connectivity index (χ1v) is 9.82. The molecule has 0 saturated carbocycles. The quantitative estimate of drug-likeness (QED) is 0.452. The molecule has 0 radical (unpaired) electrons. The van der Waals surface area contributed by atoms with Crippen LogP contribution >= 0.6 is 0 Å². The number of nitrogens with zero attached hydrogens (tertiary/aromatic N) is 6. The maximum atomic E-state index is 13.1. The highest BCUT2D eigenvalue weighted by atomic mass is 16.5. The van der Waals surface area contributed by atoms with Gasteiger partial charge in [-0.15, -0.1) is 5.10 Å². The Morgan fingerprint density at radius 3 is 2.59 bits per heavy atom. The number of anilines is 1. The zero-order valence-electron chi connectivity index (χ0n) is 17.4. The minimum absolute atomic E-state index is 0.0386. The fourth-order valence-corrected chi connectivity index (χ4v) is 3.57. The van der Waals surface area contributed by atoms with E-state index < -0.39 is 5.69 Å². The van der Waals surface area contributed by atoms with Gasteiger partial charge in [0.15, 0.2) is 5.65 Å². The van der Waals surface area contributed by atoms with Crippen LogP contribution in [0.4, 0.5) is 5.95 Å². The van der Waals surface area contributed by atoms with E-state index in [4.69, 9.17) is 15.0 Å². The minimum Gasteiger partial charge on any atom is -0.481 e. The number of fused-ring (bicyclic) bond motifs is 1. The molecule has 32 heavy (non-hydrogen) atoms. The average molecular weight is 429 g/mol. The fraction of sp³-hybridized carbons (Fsp3) is 0.136. The number of nitrogens with two attached hydrogens (primary N) is 1. The SMILES string of the molecule is COc1ccc(-c2c(-c3ccccc3)nc(N)n3c(=O)n(Cc4cc(C)on4)nc23)cn1. The molecule has 0 atom stereocenters. The molecule has 0 bridgehead atoms. The van der Waals surface area contributed by atoms with Crippen molar-refractivity contribution in [2.75, 3.05) is 12.8 Å². The number of methoxy groups -OCH3 is 1. The van der Waals surface area contributed by atoms with Crippen LogP contribution in [0.25, 0.3) is 28.0 Å². The summed E-state index contributed by atoms with van der Waals surface area (Å²) in [7, 11) is 1.55. The van der Waals surface area contributed by atoms with Crippen LogP contribution in [0.1, 0.15) is 11.5 Å². The second-order valence-corrected chi connectivity index (χ2v) is 7.18. The van der Waals surface area contributed by atoms with Crippen molar-refractivity contribution in [3.8, 4) is 28.3 Å². The van der Waals surface area contributed by atoms with Crippen LogP contribution in [0.5, 0.6) is 5.88 Å². The lowest BCUT2D eigenvalue weighted by Gasteiger charge is -2.12. The molecule has 0 fully saturated rings. The molecule has 4 heterocycles. The molecule has 0 aliphatic rings. The van der Waals surface area contributed by atoms with Crippen LogP contribution in [0, 0.1) is 6.92 Å². The highest BCUT2D eigenvalue weighted by Crippen LogP contribution is 2.34. The van der Waals surface area contributed by atoms with Crippen LogP contribution in [0.2, 0.25) is 0 Å². The summed E-state index contributed by atoms with van der Waals surface area (Å²) in [5, 5.41) is 8.54. The topological polar surface area (TPSA) is 126 Å². The van der Waals surface area contributed by atoms with Crippen molar-refractivity contribution in [1.82, 2.24) is 29.3 Å². The zero-order chi connectivity index (χ0) is 22.2. The molecule has 2 N–H and O–H groups in total. The Hall–Kier alpha value is -4.47. The molecule has 4 aromatic heterocycles. The van der Waals surface area contributed by atoms with Crippen LogP contribution in [0.15, 0.2) is 64.0 Å². The highest BCUT2D eigenvalue weighted by Gasteiger charge is 2.22. The first kappa shape index (κ1) is 19.5. The predicted molar refractivity (Wildman–Crippen MR) is 117 cm³/mol. The molecule has 0 saturated heterocycles. The summed E-state index contributed by atoms with van der Waals surface area (Å²) in [5.74, 6) is 1.16. The largest absolute Gasteiger partial charge is 0.481 e. The number of aromatic nitrogens is 6. The Morgan fingerprint density at radius 2 is 1.94 bits per heavy atom. The van der Waals surface area contributed by atoms with Gasteiger partial charge in [-0.05, 0) is 13.0 Å². The molecule has 0 aliphatic carbocycles. The lowest BCUT2D eigenvalue weighted by molar-refractivity contribution is 0.387. The van der Waals surface area contributed by atoms with E-state index in [9.17, 15) is 4.79 Å². The molecule has 10 nitrogen and oxygen atoms in total. The summed E-state index contributed by atoms with van der Waals surface area (Å²) >= 11 is 0. The summed E-state index contributed by atoms with van der Waals surface area (Å²) < 4.78 is 12.9. The Balaban J connectivity index is 1.79. The number of nitrogen functional groups attached to an aromatic ring is 1. The number of ether oxygens (including phenoxy) is 1. The van der Waals surface area contributed by atoms with Gasteiger partial charge in [0.25, 0.3) is 0 Å². The Morgan fingerprint density at radius 1 is 1.12 bits per heavy atom. The third kappa shape index (κ3) is 3.27. The van der Waals surface area contributed by atoms with Gasteiger partial charge in [0.2, 0.25) is 11.8 Å². The Kier molecular flexibility index (Phi) is 4.66. The number of rotatable bonds is 5. The number of hydrogen-bond acceptors (Lipinski definition) is 8. The summed E-state index contributed by atoms with van der Waals surface area (Å²) in [5.41, 5.74) is 9.53. The van der Waals surface area contributed by atoms with Gasteiger partial charge < -0.3 is 15.0 Å². The number of benzene rings is 1. The van der Waals surface area contributed by atoms with Gasteiger partial charge in [0.1, 0.15) is 11.5 Å². The summed E-state index contributed by atoms with van der Waals surface area (Å²) in [6.45, 7) is 1.92. The highest BCUT2D eigenvalue weighted by molar-refractivity contribution is 5.90. The van der Waals surface area contributed by atoms with Gasteiger partial charge in [-0.1, -0.05) is 35.5 Å². The monoisotopic (exact) mass is 429 g/mol. The van der Waals surface area contributed by atoms with Crippen molar-refractivity contribution in [3.63, 3.8) is 0 Å². The van der Waals surface area contributed by atoms with Crippen molar-refractivity contribution in [3.05, 3.63) is 76.7 Å². The van der Waals surface area contributed by atoms with Gasteiger partial charge in [-0.2, -0.15) is 0 Å². The minimum atomic E-state index is -0.423. The van der Waals surface area contributed by atoms with E-state index in [1.807, 2.05) is 36.4 Å². The third-order valence-corrected chi connectivity index (χ3v) is 5.03. The molecule has 0 spiro atoms. The van der Waals surface area contributed by atoms with E-state index in [1.165, 1.54) is 9.08 Å². The van der Waals surface area contributed by atoms with Crippen LogP contribution in [0.3, 0.4) is 0 Å². The van der Waals surface area contributed by atoms with Crippen LogP contribution in [-0.4, -0.2) is 36.4 Å². The predicted octanol–water partition coefficient (Wildman–Crippen LogP) is 2.56. The molecular weight excluding hydrogens is 410 g/mol. The smallest absolute Gasteiger partial charge is 0.353 e. The van der Waals surface area contributed by atoms with Crippen LogP contribution < -0.4 is 16.2 Å². The number of pyridine rings is 1. The standard InChI is InChI=1S/C22H19N7O3/c1-13-10-16(27-32-13)12-28-22(30)29-20(26-28)18(15-8-9-17(31-2)24-11-15)19(25-21(29)23)14-6-4-3-5-7-14/h3-11H,12H2,1-2H3,(H2,23,25). The first-order valence-electron chi connectivity index (χ1n) is 9.82. The molecule has 1 aromatic carbocycles. The number of hydrogen-bond donors (Lipinski definition) is 1. The lowest BCUT2D eigenvalue weighted by atomic mass is 10.0. The summed E-state index contributed by atoms with van der Waals surface area (Å²) in [6, 6.07) is 14.9. The van der Waals surface area contributed by atoms with E-state index in [-0.39, 0.29) is 12.5 Å². The van der Waals surface area contributed by atoms with Crippen LogP contribution in [-0.2, 0) is 6.54 Å². The van der Waals surface area contributed by atoms with E-state index in [0.717, 1.165) is 11.1 Å².